The molecule has 1 aromatic rings. The van der Waals surface area contributed by atoms with Crippen LogP contribution in [-0.4, -0.2) is 47.2 Å². The van der Waals surface area contributed by atoms with Gasteiger partial charge in [0.05, 0.1) is 0 Å². The highest BCUT2D eigenvalue weighted by atomic mass is 19.1. The normalized spacial score (nSPS) is 19.7. The Labute approximate surface area is 137 Å². The fraction of sp³-hybridized carbons (Fsp3) is 0.588. The van der Waals surface area contributed by atoms with E-state index in [9.17, 15) is 9.18 Å². The summed E-state index contributed by atoms with van der Waals surface area (Å²) in [7, 11) is 0. The van der Waals surface area contributed by atoms with Crippen molar-refractivity contribution in [2.75, 3.05) is 25.4 Å². The molecular weight excluding hydrogens is 297 g/mol. The maximum absolute atomic E-state index is 13.9. The highest BCUT2D eigenvalue weighted by molar-refractivity contribution is 5.68. The van der Waals surface area contributed by atoms with Crippen LogP contribution in [0.5, 0.6) is 0 Å². The average molecular weight is 323 g/mol. The molecule has 23 heavy (non-hydrogen) atoms. The van der Waals surface area contributed by atoms with Crippen molar-refractivity contribution in [3.63, 3.8) is 0 Å². The monoisotopic (exact) mass is 323 g/mol. The Morgan fingerprint density at radius 3 is 2.65 bits per heavy atom. The third-order valence-corrected chi connectivity index (χ3v) is 3.81. The molecule has 2 rings (SSSR count). The van der Waals surface area contributed by atoms with Crippen molar-refractivity contribution < 1.29 is 13.9 Å². The van der Waals surface area contributed by atoms with E-state index in [1.807, 2.05) is 27.7 Å². The summed E-state index contributed by atoms with van der Waals surface area (Å²) in [6.45, 7) is 10.0. The van der Waals surface area contributed by atoms with E-state index in [0.717, 1.165) is 0 Å². The molecule has 2 N–H and O–H groups in total. The van der Waals surface area contributed by atoms with Crippen LogP contribution in [-0.2, 0) is 11.3 Å². The number of carbonyl (C=O) groups is 1. The molecule has 0 spiro atoms. The number of benzene rings is 1. The molecule has 6 heteroatoms. The molecule has 0 unspecified atom stereocenters. The van der Waals surface area contributed by atoms with Crippen LogP contribution in [0.15, 0.2) is 18.2 Å². The lowest BCUT2D eigenvalue weighted by molar-refractivity contribution is 0.000441. The summed E-state index contributed by atoms with van der Waals surface area (Å²) in [5.74, 6) is -0.285. The third kappa shape index (κ3) is 4.82. The van der Waals surface area contributed by atoms with E-state index < -0.39 is 5.60 Å². The number of rotatable bonds is 2. The minimum absolute atomic E-state index is 0.0236. The number of nitrogens with two attached hydrogens (primary N) is 1. The topological polar surface area (TPSA) is 58.8 Å². The maximum atomic E-state index is 13.9. The number of anilines is 1. The first-order chi connectivity index (χ1) is 10.7. The molecule has 1 aromatic carbocycles. The average Bonchev–Trinajstić information content (AvgIpc) is 2.40. The van der Waals surface area contributed by atoms with Crippen molar-refractivity contribution in [1.82, 2.24) is 9.80 Å². The molecule has 0 aromatic heterocycles. The van der Waals surface area contributed by atoms with Gasteiger partial charge in [-0.1, -0.05) is 6.07 Å². The zero-order chi connectivity index (χ0) is 17.2. The number of nitrogen functional groups attached to an aromatic ring is 1. The van der Waals surface area contributed by atoms with E-state index in [-0.39, 0.29) is 18.0 Å². The summed E-state index contributed by atoms with van der Waals surface area (Å²) in [6, 6.07) is 4.79. The van der Waals surface area contributed by atoms with Crippen LogP contribution in [0.3, 0.4) is 0 Å². The van der Waals surface area contributed by atoms with Gasteiger partial charge in [0, 0.05) is 43.5 Å². The second-order valence-corrected chi connectivity index (χ2v) is 7.11. The van der Waals surface area contributed by atoms with E-state index in [0.29, 0.717) is 37.4 Å². The SMILES string of the molecule is C[C@@H]1CN(Cc2ccc(N)cc2F)CCN1C(=O)OC(C)(C)C. The molecule has 128 valence electrons. The summed E-state index contributed by atoms with van der Waals surface area (Å²) in [5.41, 5.74) is 6.12. The largest absolute Gasteiger partial charge is 0.444 e. The van der Waals surface area contributed by atoms with Gasteiger partial charge in [-0.2, -0.15) is 0 Å². The molecule has 1 fully saturated rings. The summed E-state index contributed by atoms with van der Waals surface area (Å²) in [6.07, 6.45) is -0.289. The van der Waals surface area contributed by atoms with E-state index >= 15 is 0 Å². The second kappa shape index (κ2) is 6.74. The lowest BCUT2D eigenvalue weighted by Gasteiger charge is -2.40. The summed E-state index contributed by atoms with van der Waals surface area (Å²) < 4.78 is 19.3. The summed E-state index contributed by atoms with van der Waals surface area (Å²) >= 11 is 0. The summed E-state index contributed by atoms with van der Waals surface area (Å²) in [4.78, 5) is 16.1. The Balaban J connectivity index is 1.94. The molecule has 1 heterocycles. The van der Waals surface area contributed by atoms with E-state index in [2.05, 4.69) is 4.90 Å². The fourth-order valence-electron chi connectivity index (χ4n) is 2.70. The Bertz CT molecular complexity index is 571. The first-order valence-corrected chi connectivity index (χ1v) is 7.91. The van der Waals surface area contributed by atoms with Crippen molar-refractivity contribution in [2.45, 2.75) is 45.9 Å². The molecule has 1 atom stereocenters. The van der Waals surface area contributed by atoms with Gasteiger partial charge in [0.1, 0.15) is 11.4 Å². The number of amides is 1. The maximum Gasteiger partial charge on any atom is 0.410 e. The van der Waals surface area contributed by atoms with Gasteiger partial charge in [0.2, 0.25) is 0 Å². The van der Waals surface area contributed by atoms with Crippen LogP contribution in [0, 0.1) is 5.82 Å². The molecule has 0 bridgehead atoms. The van der Waals surface area contributed by atoms with Crippen LogP contribution in [0.4, 0.5) is 14.9 Å². The van der Waals surface area contributed by atoms with Crippen molar-refractivity contribution in [1.29, 1.82) is 0 Å². The third-order valence-electron chi connectivity index (χ3n) is 3.81. The van der Waals surface area contributed by atoms with Gasteiger partial charge in [-0.25, -0.2) is 9.18 Å². The van der Waals surface area contributed by atoms with E-state index in [1.54, 1.807) is 17.0 Å². The minimum Gasteiger partial charge on any atom is -0.444 e. The number of carbonyl (C=O) groups excluding carboxylic acids is 1. The Morgan fingerprint density at radius 1 is 1.39 bits per heavy atom. The number of hydrogen-bond acceptors (Lipinski definition) is 4. The first kappa shape index (κ1) is 17.5. The smallest absolute Gasteiger partial charge is 0.410 e. The van der Waals surface area contributed by atoms with Crippen LogP contribution < -0.4 is 5.73 Å². The quantitative estimate of drug-likeness (QED) is 0.850. The molecule has 0 radical (unpaired) electrons. The van der Waals surface area contributed by atoms with Crippen LogP contribution in [0.25, 0.3) is 0 Å². The van der Waals surface area contributed by atoms with E-state index in [1.165, 1.54) is 6.07 Å². The Kier molecular flexibility index (Phi) is 5.14. The van der Waals surface area contributed by atoms with Crippen molar-refractivity contribution in [3.8, 4) is 0 Å². The minimum atomic E-state index is -0.499. The van der Waals surface area contributed by atoms with Crippen LogP contribution in [0.1, 0.15) is 33.3 Å². The molecule has 1 amide bonds. The van der Waals surface area contributed by atoms with Gasteiger partial charge < -0.3 is 15.4 Å². The molecule has 0 saturated carbocycles. The number of piperazine rings is 1. The lowest BCUT2D eigenvalue weighted by atomic mass is 10.1. The zero-order valence-electron chi connectivity index (χ0n) is 14.3. The summed E-state index contributed by atoms with van der Waals surface area (Å²) in [5, 5.41) is 0. The van der Waals surface area contributed by atoms with Gasteiger partial charge in [-0.3, -0.25) is 4.90 Å². The first-order valence-electron chi connectivity index (χ1n) is 7.91. The van der Waals surface area contributed by atoms with Gasteiger partial charge in [-0.15, -0.1) is 0 Å². The predicted octanol–water partition coefficient (Wildman–Crippen LogP) is 2.85. The zero-order valence-corrected chi connectivity index (χ0v) is 14.3. The number of hydrogen-bond donors (Lipinski definition) is 1. The molecule has 1 aliphatic rings. The van der Waals surface area contributed by atoms with Gasteiger partial charge in [-0.05, 0) is 39.8 Å². The number of halogens is 1. The van der Waals surface area contributed by atoms with Crippen molar-refractivity contribution >= 4 is 11.8 Å². The van der Waals surface area contributed by atoms with Crippen molar-refractivity contribution in [3.05, 3.63) is 29.6 Å². The van der Waals surface area contributed by atoms with Gasteiger partial charge >= 0.3 is 6.09 Å². The second-order valence-electron chi connectivity index (χ2n) is 7.11. The predicted molar refractivity (Wildman–Crippen MR) is 88.5 cm³/mol. The highest BCUT2D eigenvalue weighted by Gasteiger charge is 2.30. The lowest BCUT2D eigenvalue weighted by Crippen LogP contribution is -2.54. The molecule has 1 aliphatic heterocycles. The highest BCUT2D eigenvalue weighted by Crippen LogP contribution is 2.19. The van der Waals surface area contributed by atoms with Gasteiger partial charge in [0.25, 0.3) is 0 Å². The molecule has 0 aliphatic carbocycles. The van der Waals surface area contributed by atoms with Gasteiger partial charge in [0.15, 0.2) is 0 Å². The number of nitrogens with zero attached hydrogens (tertiary/aromatic N) is 2. The molecular formula is C17H26FN3O2. The molecule has 5 nitrogen and oxygen atoms in total. The van der Waals surface area contributed by atoms with Crippen LogP contribution in [0.2, 0.25) is 0 Å². The fourth-order valence-corrected chi connectivity index (χ4v) is 2.70. The molecule has 1 saturated heterocycles. The van der Waals surface area contributed by atoms with Crippen LogP contribution >= 0.6 is 0 Å². The van der Waals surface area contributed by atoms with E-state index in [4.69, 9.17) is 10.5 Å². The Hall–Kier alpha value is -1.82. The Morgan fingerprint density at radius 2 is 2.09 bits per heavy atom. The standard InChI is InChI=1S/C17H26FN3O2/c1-12-10-20(11-13-5-6-14(19)9-15(13)18)7-8-21(12)16(22)23-17(2,3)4/h5-6,9,12H,7-8,10-11,19H2,1-4H3/t12-/m1/s1. The van der Waals surface area contributed by atoms with Crippen molar-refractivity contribution in [2.24, 2.45) is 0 Å². The number of ether oxygens (including phenoxy) is 1.